The summed E-state index contributed by atoms with van der Waals surface area (Å²) in [4.78, 5) is 4.54. The van der Waals surface area contributed by atoms with Crippen LogP contribution in [0.1, 0.15) is 18.7 Å². The summed E-state index contributed by atoms with van der Waals surface area (Å²) in [5.74, 6) is 1.10. The van der Waals surface area contributed by atoms with Crippen molar-refractivity contribution in [1.29, 1.82) is 0 Å². The zero-order valence-corrected chi connectivity index (χ0v) is 9.94. The number of fused-ring (bicyclic) bond motifs is 1. The number of unbranched alkanes of at least 4 members (excludes halogenated alkanes) is 1. The van der Waals surface area contributed by atoms with Crippen molar-refractivity contribution in [1.82, 2.24) is 9.55 Å². The van der Waals surface area contributed by atoms with Crippen LogP contribution in [-0.2, 0) is 11.3 Å². The van der Waals surface area contributed by atoms with E-state index in [0.29, 0.717) is 0 Å². The number of hydrogen-bond acceptors (Lipinski definition) is 2. The van der Waals surface area contributed by atoms with Gasteiger partial charge in [-0.05, 0) is 31.9 Å². The standard InChI is InChI=1S/C13H18N2O/c1-11-14-12-7-3-4-8-13(12)15(11)9-5-6-10-16-2/h3-4,7-8H,5-6,9-10H2,1-2H3. The maximum absolute atomic E-state index is 5.05. The lowest BCUT2D eigenvalue weighted by Gasteiger charge is -2.06. The van der Waals surface area contributed by atoms with Crippen LogP contribution in [0.5, 0.6) is 0 Å². The van der Waals surface area contributed by atoms with Crippen molar-refractivity contribution in [3.8, 4) is 0 Å². The quantitative estimate of drug-likeness (QED) is 0.721. The molecule has 2 aromatic rings. The predicted molar refractivity (Wildman–Crippen MR) is 65.6 cm³/mol. The average Bonchev–Trinajstić information content (AvgIpc) is 2.61. The Morgan fingerprint density at radius 1 is 1.25 bits per heavy atom. The molecule has 0 radical (unpaired) electrons. The second kappa shape index (κ2) is 5.12. The van der Waals surface area contributed by atoms with E-state index in [-0.39, 0.29) is 0 Å². The lowest BCUT2D eigenvalue weighted by molar-refractivity contribution is 0.191. The Balaban J connectivity index is 2.13. The van der Waals surface area contributed by atoms with Gasteiger partial charge in [0.15, 0.2) is 0 Å². The normalized spacial score (nSPS) is 11.1. The Morgan fingerprint density at radius 2 is 2.06 bits per heavy atom. The minimum atomic E-state index is 0.839. The van der Waals surface area contributed by atoms with Crippen LogP contribution >= 0.6 is 0 Å². The molecule has 16 heavy (non-hydrogen) atoms. The van der Waals surface area contributed by atoms with Crippen molar-refractivity contribution < 1.29 is 4.74 Å². The maximum Gasteiger partial charge on any atom is 0.106 e. The molecule has 0 aliphatic heterocycles. The van der Waals surface area contributed by atoms with E-state index in [1.54, 1.807) is 7.11 Å². The van der Waals surface area contributed by atoms with Gasteiger partial charge in [-0.2, -0.15) is 0 Å². The molecule has 0 bridgehead atoms. The molecule has 0 saturated carbocycles. The van der Waals surface area contributed by atoms with Gasteiger partial charge in [0.25, 0.3) is 0 Å². The number of aryl methyl sites for hydroxylation is 2. The van der Waals surface area contributed by atoms with Gasteiger partial charge in [0.05, 0.1) is 11.0 Å². The van der Waals surface area contributed by atoms with Gasteiger partial charge >= 0.3 is 0 Å². The summed E-state index contributed by atoms with van der Waals surface area (Å²) < 4.78 is 7.34. The topological polar surface area (TPSA) is 27.1 Å². The van der Waals surface area contributed by atoms with Crippen molar-refractivity contribution in [3.63, 3.8) is 0 Å². The van der Waals surface area contributed by atoms with E-state index >= 15 is 0 Å². The summed E-state index contributed by atoms with van der Waals surface area (Å²) in [7, 11) is 1.75. The van der Waals surface area contributed by atoms with Crippen LogP contribution < -0.4 is 0 Å². The number of para-hydroxylation sites is 2. The van der Waals surface area contributed by atoms with E-state index in [2.05, 4.69) is 34.7 Å². The molecule has 0 unspecified atom stereocenters. The Morgan fingerprint density at radius 3 is 2.88 bits per heavy atom. The third-order valence-electron chi connectivity index (χ3n) is 2.83. The van der Waals surface area contributed by atoms with Gasteiger partial charge in [-0.25, -0.2) is 4.98 Å². The van der Waals surface area contributed by atoms with E-state index in [1.807, 2.05) is 6.07 Å². The molecule has 3 heteroatoms. The zero-order valence-electron chi connectivity index (χ0n) is 9.94. The molecule has 1 aromatic carbocycles. The summed E-state index contributed by atoms with van der Waals surface area (Å²) in [5, 5.41) is 0. The number of hydrogen-bond donors (Lipinski definition) is 0. The van der Waals surface area contributed by atoms with Gasteiger partial charge in [-0.3, -0.25) is 0 Å². The second-order valence-electron chi connectivity index (χ2n) is 4.00. The number of aromatic nitrogens is 2. The van der Waals surface area contributed by atoms with E-state index < -0.39 is 0 Å². The summed E-state index contributed by atoms with van der Waals surface area (Å²) in [6.07, 6.45) is 2.23. The van der Waals surface area contributed by atoms with E-state index in [0.717, 1.165) is 37.3 Å². The third kappa shape index (κ3) is 2.25. The fourth-order valence-electron chi connectivity index (χ4n) is 1.99. The monoisotopic (exact) mass is 218 g/mol. The number of nitrogens with zero attached hydrogens (tertiary/aromatic N) is 2. The third-order valence-corrected chi connectivity index (χ3v) is 2.83. The zero-order chi connectivity index (χ0) is 11.4. The Kier molecular flexibility index (Phi) is 3.57. The number of benzene rings is 1. The smallest absolute Gasteiger partial charge is 0.106 e. The summed E-state index contributed by atoms with van der Waals surface area (Å²) in [6.45, 7) is 3.93. The van der Waals surface area contributed by atoms with Gasteiger partial charge in [0.2, 0.25) is 0 Å². The molecule has 1 heterocycles. The van der Waals surface area contributed by atoms with Gasteiger partial charge in [-0.15, -0.1) is 0 Å². The van der Waals surface area contributed by atoms with Crippen LogP contribution in [0.15, 0.2) is 24.3 Å². The lowest BCUT2D eigenvalue weighted by Crippen LogP contribution is -2.01. The van der Waals surface area contributed by atoms with E-state index in [1.165, 1.54) is 5.52 Å². The molecule has 1 aromatic heterocycles. The van der Waals surface area contributed by atoms with Gasteiger partial charge in [0.1, 0.15) is 5.82 Å². The fraction of sp³-hybridized carbons (Fsp3) is 0.462. The molecule has 0 N–H and O–H groups in total. The molecule has 0 aliphatic rings. The molecular weight excluding hydrogens is 200 g/mol. The molecule has 2 rings (SSSR count). The first-order chi connectivity index (χ1) is 7.83. The SMILES string of the molecule is COCCCCn1c(C)nc2ccccc21. The van der Waals surface area contributed by atoms with Crippen molar-refractivity contribution in [2.24, 2.45) is 0 Å². The highest BCUT2D eigenvalue weighted by Crippen LogP contribution is 2.16. The summed E-state index contributed by atoms with van der Waals surface area (Å²) in [6, 6.07) is 8.29. The average molecular weight is 218 g/mol. The second-order valence-corrected chi connectivity index (χ2v) is 4.00. The van der Waals surface area contributed by atoms with Crippen molar-refractivity contribution in [2.75, 3.05) is 13.7 Å². The molecule has 86 valence electrons. The number of ether oxygens (including phenoxy) is 1. The molecule has 0 atom stereocenters. The van der Waals surface area contributed by atoms with E-state index in [4.69, 9.17) is 4.74 Å². The van der Waals surface area contributed by atoms with Crippen LogP contribution in [0.3, 0.4) is 0 Å². The minimum Gasteiger partial charge on any atom is -0.385 e. The lowest BCUT2D eigenvalue weighted by atomic mass is 10.3. The molecule has 3 nitrogen and oxygen atoms in total. The molecule has 0 spiro atoms. The van der Waals surface area contributed by atoms with Crippen LogP contribution in [0, 0.1) is 6.92 Å². The Hall–Kier alpha value is -1.35. The van der Waals surface area contributed by atoms with E-state index in [9.17, 15) is 0 Å². The first-order valence-electron chi connectivity index (χ1n) is 5.73. The molecule has 0 aliphatic carbocycles. The predicted octanol–water partition coefficient (Wildman–Crippen LogP) is 2.77. The summed E-state index contributed by atoms with van der Waals surface area (Å²) >= 11 is 0. The fourth-order valence-corrected chi connectivity index (χ4v) is 1.99. The highest BCUT2D eigenvalue weighted by atomic mass is 16.5. The summed E-state index contributed by atoms with van der Waals surface area (Å²) in [5.41, 5.74) is 2.32. The maximum atomic E-state index is 5.05. The van der Waals surface area contributed by atoms with Crippen LogP contribution in [0.2, 0.25) is 0 Å². The van der Waals surface area contributed by atoms with Crippen LogP contribution in [0.4, 0.5) is 0 Å². The van der Waals surface area contributed by atoms with Crippen molar-refractivity contribution in [3.05, 3.63) is 30.1 Å². The molecule has 0 saturated heterocycles. The minimum absolute atomic E-state index is 0.839. The van der Waals surface area contributed by atoms with Gasteiger partial charge in [0, 0.05) is 20.3 Å². The number of rotatable bonds is 5. The van der Waals surface area contributed by atoms with Crippen molar-refractivity contribution in [2.45, 2.75) is 26.3 Å². The number of methoxy groups -OCH3 is 1. The Bertz CT molecular complexity index is 462. The largest absolute Gasteiger partial charge is 0.385 e. The molecular formula is C13H18N2O. The first-order valence-corrected chi connectivity index (χ1v) is 5.73. The van der Waals surface area contributed by atoms with Crippen LogP contribution in [-0.4, -0.2) is 23.3 Å². The van der Waals surface area contributed by atoms with Crippen LogP contribution in [0.25, 0.3) is 11.0 Å². The highest BCUT2D eigenvalue weighted by molar-refractivity contribution is 5.75. The van der Waals surface area contributed by atoms with Gasteiger partial charge < -0.3 is 9.30 Å². The first kappa shape index (κ1) is 11.1. The molecule has 0 fully saturated rings. The van der Waals surface area contributed by atoms with Crippen molar-refractivity contribution >= 4 is 11.0 Å². The number of imidazole rings is 1. The van der Waals surface area contributed by atoms with Gasteiger partial charge in [-0.1, -0.05) is 12.1 Å². The Labute approximate surface area is 96.1 Å². The molecule has 0 amide bonds. The highest BCUT2D eigenvalue weighted by Gasteiger charge is 2.05.